The highest BCUT2D eigenvalue weighted by molar-refractivity contribution is 9.10. The van der Waals surface area contributed by atoms with Crippen molar-refractivity contribution in [2.24, 2.45) is 0 Å². The van der Waals surface area contributed by atoms with Gasteiger partial charge in [0, 0.05) is 10.9 Å². The van der Waals surface area contributed by atoms with E-state index >= 15 is 0 Å². The van der Waals surface area contributed by atoms with Crippen LogP contribution in [0.2, 0.25) is 0 Å². The molecule has 0 aromatic heterocycles. The maximum Gasteiger partial charge on any atom is 0.310 e. The Bertz CT molecular complexity index is 443. The summed E-state index contributed by atoms with van der Waals surface area (Å²) < 4.78 is 5.76. The van der Waals surface area contributed by atoms with Crippen LogP contribution in [0.15, 0.2) is 22.7 Å². The minimum absolute atomic E-state index is 0.0530. The number of esters is 1. The monoisotopic (exact) mass is 314 g/mol. The molecule has 0 radical (unpaired) electrons. The third-order valence-corrected chi connectivity index (χ3v) is 2.91. The van der Waals surface area contributed by atoms with Gasteiger partial charge in [0.15, 0.2) is 0 Å². The number of ether oxygens (including phenoxy) is 1. The number of carbonyl (C=O) groups excluding carboxylic acids is 1. The van der Waals surface area contributed by atoms with E-state index in [9.17, 15) is 9.59 Å². The van der Waals surface area contributed by atoms with Gasteiger partial charge in [0.25, 0.3) is 0 Å². The normalized spacial score (nSPS) is 10.1. The fourth-order valence-electron chi connectivity index (χ4n) is 1.61. The van der Waals surface area contributed by atoms with Crippen LogP contribution in [-0.4, -0.2) is 23.7 Å². The van der Waals surface area contributed by atoms with Gasteiger partial charge in [0.1, 0.15) is 0 Å². The van der Waals surface area contributed by atoms with Gasteiger partial charge in [0.2, 0.25) is 0 Å². The Balaban J connectivity index is 2.82. The van der Waals surface area contributed by atoms with E-state index in [0.717, 1.165) is 15.6 Å². The summed E-state index contributed by atoms with van der Waals surface area (Å²) >= 11 is 3.34. The van der Waals surface area contributed by atoms with Crippen molar-refractivity contribution in [3.8, 4) is 0 Å². The second kappa shape index (κ2) is 7.16. The summed E-state index contributed by atoms with van der Waals surface area (Å²) in [6.07, 6.45) is 0.636. The molecule has 0 fully saturated rings. The molecule has 1 rings (SSSR count). The van der Waals surface area contributed by atoms with Crippen LogP contribution >= 0.6 is 15.9 Å². The number of carbonyl (C=O) groups is 2. The molecule has 0 aliphatic heterocycles. The SMILES string of the molecule is CCOC(=O)Cc1cc(Br)ccc1CCC(=O)O. The molecule has 0 amide bonds. The Labute approximate surface area is 114 Å². The quantitative estimate of drug-likeness (QED) is 0.820. The molecule has 18 heavy (non-hydrogen) atoms. The van der Waals surface area contributed by atoms with Crippen molar-refractivity contribution < 1.29 is 19.4 Å². The smallest absolute Gasteiger partial charge is 0.310 e. The number of aryl methyl sites for hydroxylation is 1. The van der Waals surface area contributed by atoms with Crippen LogP contribution in [0.4, 0.5) is 0 Å². The van der Waals surface area contributed by atoms with Crippen molar-refractivity contribution in [3.05, 3.63) is 33.8 Å². The van der Waals surface area contributed by atoms with E-state index in [1.54, 1.807) is 6.92 Å². The highest BCUT2D eigenvalue weighted by atomic mass is 79.9. The lowest BCUT2D eigenvalue weighted by Gasteiger charge is -2.09. The highest BCUT2D eigenvalue weighted by Gasteiger charge is 2.10. The number of carboxylic acid groups (broad SMARTS) is 1. The second-order valence-corrected chi connectivity index (χ2v) is 4.70. The fourth-order valence-corrected chi connectivity index (χ4v) is 2.02. The average Bonchev–Trinajstić information content (AvgIpc) is 2.28. The number of aliphatic carboxylic acids is 1. The van der Waals surface area contributed by atoms with Crippen molar-refractivity contribution in [1.82, 2.24) is 0 Å². The predicted molar refractivity (Wildman–Crippen MR) is 70.4 cm³/mol. The highest BCUT2D eigenvalue weighted by Crippen LogP contribution is 2.19. The van der Waals surface area contributed by atoms with E-state index in [1.807, 2.05) is 18.2 Å². The van der Waals surface area contributed by atoms with Crippen molar-refractivity contribution >= 4 is 27.9 Å². The van der Waals surface area contributed by atoms with Gasteiger partial charge >= 0.3 is 11.9 Å². The van der Waals surface area contributed by atoms with E-state index in [2.05, 4.69) is 15.9 Å². The molecule has 0 spiro atoms. The third-order valence-electron chi connectivity index (χ3n) is 2.42. The van der Waals surface area contributed by atoms with E-state index in [1.165, 1.54) is 0 Å². The Morgan fingerprint density at radius 2 is 2.06 bits per heavy atom. The van der Waals surface area contributed by atoms with E-state index in [-0.39, 0.29) is 18.8 Å². The first-order valence-electron chi connectivity index (χ1n) is 5.67. The summed E-state index contributed by atoms with van der Waals surface area (Å²) in [4.78, 5) is 22.0. The number of benzene rings is 1. The van der Waals surface area contributed by atoms with Crippen molar-refractivity contribution in [1.29, 1.82) is 0 Å². The summed E-state index contributed by atoms with van der Waals surface area (Å²) in [6.45, 7) is 2.10. The number of rotatable bonds is 6. The summed E-state index contributed by atoms with van der Waals surface area (Å²) in [5, 5.41) is 8.69. The van der Waals surface area contributed by atoms with E-state index < -0.39 is 5.97 Å². The molecular formula is C13H15BrO4. The van der Waals surface area contributed by atoms with Gasteiger partial charge in [-0.2, -0.15) is 0 Å². The molecule has 1 N–H and O–H groups in total. The van der Waals surface area contributed by atoms with Gasteiger partial charge in [-0.1, -0.05) is 22.0 Å². The maximum atomic E-state index is 11.5. The van der Waals surface area contributed by atoms with Crippen LogP contribution < -0.4 is 0 Å². The fraction of sp³-hybridized carbons (Fsp3) is 0.385. The Hall–Kier alpha value is -1.36. The first-order chi connectivity index (χ1) is 8.52. The first-order valence-corrected chi connectivity index (χ1v) is 6.47. The van der Waals surface area contributed by atoms with Crippen molar-refractivity contribution in [2.45, 2.75) is 26.2 Å². The molecule has 98 valence electrons. The summed E-state index contributed by atoms with van der Waals surface area (Å²) in [7, 11) is 0. The predicted octanol–water partition coefficient (Wildman–Crippen LogP) is 2.57. The van der Waals surface area contributed by atoms with Gasteiger partial charge in [0.05, 0.1) is 13.0 Å². The molecular weight excluding hydrogens is 300 g/mol. The van der Waals surface area contributed by atoms with Gasteiger partial charge in [-0.3, -0.25) is 9.59 Å². The molecule has 0 atom stereocenters. The molecule has 5 heteroatoms. The van der Waals surface area contributed by atoms with Crippen LogP contribution in [-0.2, 0) is 27.2 Å². The number of hydrogen-bond acceptors (Lipinski definition) is 3. The van der Waals surface area contributed by atoms with Crippen LogP contribution in [0.25, 0.3) is 0 Å². The third kappa shape index (κ3) is 4.87. The van der Waals surface area contributed by atoms with Gasteiger partial charge < -0.3 is 9.84 Å². The molecule has 0 heterocycles. The van der Waals surface area contributed by atoms with E-state index in [0.29, 0.717) is 13.0 Å². The first kappa shape index (κ1) is 14.7. The minimum Gasteiger partial charge on any atom is -0.481 e. The molecule has 0 unspecified atom stereocenters. The topological polar surface area (TPSA) is 63.6 Å². The van der Waals surface area contributed by atoms with Crippen LogP contribution in [0, 0.1) is 0 Å². The zero-order valence-electron chi connectivity index (χ0n) is 10.1. The van der Waals surface area contributed by atoms with Gasteiger partial charge in [-0.15, -0.1) is 0 Å². The summed E-state index contributed by atoms with van der Waals surface area (Å²) in [6, 6.07) is 5.50. The Morgan fingerprint density at radius 1 is 1.33 bits per heavy atom. The molecule has 0 aliphatic carbocycles. The number of carboxylic acids is 1. The maximum absolute atomic E-state index is 11.5. The summed E-state index contributed by atoms with van der Waals surface area (Å²) in [5.74, 6) is -1.15. The lowest BCUT2D eigenvalue weighted by atomic mass is 10.0. The Kier molecular flexibility index (Phi) is 5.85. The van der Waals surface area contributed by atoms with Crippen molar-refractivity contribution in [3.63, 3.8) is 0 Å². The Morgan fingerprint density at radius 3 is 2.67 bits per heavy atom. The van der Waals surface area contributed by atoms with E-state index in [4.69, 9.17) is 9.84 Å². The molecule has 0 aliphatic rings. The average molecular weight is 315 g/mol. The van der Waals surface area contributed by atoms with Crippen molar-refractivity contribution in [2.75, 3.05) is 6.61 Å². The molecule has 1 aromatic rings. The zero-order chi connectivity index (χ0) is 13.5. The number of halogens is 1. The molecule has 4 nitrogen and oxygen atoms in total. The lowest BCUT2D eigenvalue weighted by molar-refractivity contribution is -0.142. The molecule has 0 saturated carbocycles. The second-order valence-electron chi connectivity index (χ2n) is 3.79. The van der Waals surface area contributed by atoms with Gasteiger partial charge in [-0.25, -0.2) is 0 Å². The number of hydrogen-bond donors (Lipinski definition) is 1. The lowest BCUT2D eigenvalue weighted by Crippen LogP contribution is -2.10. The van der Waals surface area contributed by atoms with Crippen LogP contribution in [0.5, 0.6) is 0 Å². The van der Waals surface area contributed by atoms with Crippen LogP contribution in [0.1, 0.15) is 24.5 Å². The zero-order valence-corrected chi connectivity index (χ0v) is 11.7. The minimum atomic E-state index is -0.847. The van der Waals surface area contributed by atoms with Gasteiger partial charge in [-0.05, 0) is 36.6 Å². The largest absolute Gasteiger partial charge is 0.481 e. The summed E-state index contributed by atoms with van der Waals surface area (Å²) in [5.41, 5.74) is 1.68. The van der Waals surface area contributed by atoms with Crippen LogP contribution in [0.3, 0.4) is 0 Å². The molecule has 0 bridgehead atoms. The standard InChI is InChI=1S/C13H15BrO4/c1-2-18-13(17)8-10-7-11(14)5-3-9(10)4-6-12(15)16/h3,5,7H,2,4,6,8H2,1H3,(H,15,16). The molecule has 0 saturated heterocycles. The molecule has 1 aromatic carbocycles.